The first-order valence-corrected chi connectivity index (χ1v) is 13.1. The Morgan fingerprint density at radius 1 is 1.27 bits per heavy atom. The number of oxime groups is 1. The molecule has 1 fully saturated rings. The lowest BCUT2D eigenvalue weighted by Crippen LogP contribution is -2.29. The molecule has 0 saturated carbocycles. The Hall–Kier alpha value is -1.55. The third-order valence-corrected chi connectivity index (χ3v) is 7.42. The van der Waals surface area contributed by atoms with Crippen molar-refractivity contribution in [1.29, 1.82) is 0 Å². The molecule has 0 bridgehead atoms. The van der Waals surface area contributed by atoms with Crippen LogP contribution in [0.4, 0.5) is 10.2 Å². The average molecular weight is 540 g/mol. The third kappa shape index (κ3) is 8.63. The van der Waals surface area contributed by atoms with Crippen LogP contribution in [0.25, 0.3) is 0 Å². The van der Waals surface area contributed by atoms with E-state index in [4.69, 9.17) is 25.1 Å². The summed E-state index contributed by atoms with van der Waals surface area (Å²) in [6, 6.07) is 0. The molecule has 17 nitrogen and oxygen atoms in total. The molecule has 21 heteroatoms. The zero-order valence-electron chi connectivity index (χ0n) is 16.8. The lowest BCUT2D eigenvalue weighted by atomic mass is 10.2. The van der Waals surface area contributed by atoms with Crippen molar-refractivity contribution in [2.45, 2.75) is 38.7 Å². The second-order valence-corrected chi connectivity index (χ2v) is 11.0. The molecule has 1 aromatic rings. The quantitative estimate of drug-likeness (QED) is 0.153. The number of anilines is 1. The zero-order valence-corrected chi connectivity index (χ0v) is 19.5. The summed E-state index contributed by atoms with van der Waals surface area (Å²) in [7, 11) is -16.7. The molecule has 5 atom stereocenters. The Kier molecular flexibility index (Phi) is 8.71. The number of rotatable bonds is 10. The van der Waals surface area contributed by atoms with Crippen LogP contribution in [-0.2, 0) is 36.4 Å². The number of hydrogen-bond donors (Lipinski definition) is 5. The summed E-state index contributed by atoms with van der Waals surface area (Å²) in [5.74, 6) is -1.66. The summed E-state index contributed by atoms with van der Waals surface area (Å²) in [4.78, 5) is 56.4. The number of aromatic nitrogens is 2. The number of halogens is 1. The fourth-order valence-electron chi connectivity index (χ4n) is 2.44. The average Bonchev–Trinajstić information content (AvgIpc) is 3.01. The molecular formula is C12H20FN4O13P3. The van der Waals surface area contributed by atoms with Crippen molar-refractivity contribution in [3.05, 3.63) is 22.5 Å². The molecule has 3 unspecified atom stereocenters. The van der Waals surface area contributed by atoms with Gasteiger partial charge < -0.3 is 34.9 Å². The van der Waals surface area contributed by atoms with E-state index in [1.165, 1.54) is 0 Å². The first kappa shape index (κ1) is 27.7. The largest absolute Gasteiger partial charge is 0.490 e. The SMILES string of the molecule is CC(C)=NO[C@@H]1C[C@H](n2cc(F)c(N)nc2=O)OC1COP(=O)(O)OP(=O)(O)OP(=O)(O)O. The van der Waals surface area contributed by atoms with Gasteiger partial charge >= 0.3 is 29.2 Å². The monoisotopic (exact) mass is 540 g/mol. The molecule has 1 aromatic heterocycles. The van der Waals surface area contributed by atoms with Crippen LogP contribution in [0.1, 0.15) is 26.5 Å². The second kappa shape index (κ2) is 10.4. The highest BCUT2D eigenvalue weighted by Crippen LogP contribution is 2.66. The van der Waals surface area contributed by atoms with Crippen LogP contribution in [0.5, 0.6) is 0 Å². The van der Waals surface area contributed by atoms with Crippen molar-refractivity contribution in [3.63, 3.8) is 0 Å². The summed E-state index contributed by atoms with van der Waals surface area (Å²) in [6.45, 7) is 2.29. The predicted molar refractivity (Wildman–Crippen MR) is 105 cm³/mol. The van der Waals surface area contributed by atoms with E-state index < -0.39 is 65.8 Å². The fraction of sp³-hybridized carbons (Fsp3) is 0.583. The van der Waals surface area contributed by atoms with Gasteiger partial charge in [-0.25, -0.2) is 22.9 Å². The molecule has 2 heterocycles. The van der Waals surface area contributed by atoms with E-state index in [9.17, 15) is 32.7 Å². The summed E-state index contributed by atoms with van der Waals surface area (Å²) < 4.78 is 65.8. The molecule has 0 radical (unpaired) electrons. The van der Waals surface area contributed by atoms with Gasteiger partial charge in [-0.2, -0.15) is 13.6 Å². The molecule has 0 aromatic carbocycles. The fourth-order valence-corrected chi connectivity index (χ4v) is 5.47. The van der Waals surface area contributed by atoms with E-state index in [0.717, 1.165) is 10.8 Å². The predicted octanol–water partition coefficient (Wildman–Crippen LogP) is 0.376. The summed E-state index contributed by atoms with van der Waals surface area (Å²) in [5.41, 5.74) is 4.72. The van der Waals surface area contributed by atoms with Gasteiger partial charge in [0.15, 0.2) is 17.7 Å². The number of phosphoric acid groups is 3. The van der Waals surface area contributed by atoms with E-state index in [0.29, 0.717) is 5.71 Å². The van der Waals surface area contributed by atoms with Crippen LogP contribution in [0.3, 0.4) is 0 Å². The number of hydrogen-bond acceptors (Lipinski definition) is 12. The molecule has 188 valence electrons. The summed E-state index contributed by atoms with van der Waals surface area (Å²) >= 11 is 0. The van der Waals surface area contributed by atoms with Gasteiger partial charge in [0.25, 0.3) is 0 Å². The third-order valence-electron chi connectivity index (χ3n) is 3.61. The Labute approximate surface area is 184 Å². The van der Waals surface area contributed by atoms with E-state index in [1.54, 1.807) is 13.8 Å². The van der Waals surface area contributed by atoms with Gasteiger partial charge in [0.1, 0.15) is 12.3 Å². The minimum Gasteiger partial charge on any atom is -0.389 e. The van der Waals surface area contributed by atoms with Crippen LogP contribution in [-0.4, -0.2) is 53.7 Å². The summed E-state index contributed by atoms with van der Waals surface area (Å²) in [5, 5.41) is 3.71. The molecule has 0 amide bonds. The van der Waals surface area contributed by atoms with Gasteiger partial charge in [-0.3, -0.25) is 9.09 Å². The normalized spacial score (nSPS) is 24.6. The first-order chi connectivity index (χ1) is 15.0. The minimum atomic E-state index is -5.72. The van der Waals surface area contributed by atoms with Crippen LogP contribution < -0.4 is 11.4 Å². The number of nitrogen functional groups attached to an aromatic ring is 1. The Morgan fingerprint density at radius 3 is 2.48 bits per heavy atom. The molecule has 2 rings (SSSR count). The smallest absolute Gasteiger partial charge is 0.389 e. The van der Waals surface area contributed by atoms with Crippen LogP contribution >= 0.6 is 23.5 Å². The van der Waals surface area contributed by atoms with E-state index >= 15 is 0 Å². The van der Waals surface area contributed by atoms with Gasteiger partial charge in [-0.1, -0.05) is 5.16 Å². The lowest BCUT2D eigenvalue weighted by molar-refractivity contribution is -0.0606. The van der Waals surface area contributed by atoms with Gasteiger partial charge in [-0.15, -0.1) is 0 Å². The second-order valence-electron chi connectivity index (χ2n) is 6.60. The van der Waals surface area contributed by atoms with Gasteiger partial charge in [-0.05, 0) is 13.8 Å². The molecule has 0 aliphatic carbocycles. The van der Waals surface area contributed by atoms with Crippen LogP contribution in [0.15, 0.2) is 16.1 Å². The Balaban J connectivity index is 2.17. The number of ether oxygens (including phenoxy) is 1. The van der Waals surface area contributed by atoms with E-state index in [2.05, 4.69) is 23.3 Å². The minimum absolute atomic E-state index is 0.147. The molecule has 1 aliphatic rings. The lowest BCUT2D eigenvalue weighted by Gasteiger charge is -2.20. The van der Waals surface area contributed by atoms with Crippen molar-refractivity contribution in [2.75, 3.05) is 12.3 Å². The number of phosphoric ester groups is 1. The van der Waals surface area contributed by atoms with Crippen molar-refractivity contribution < 1.29 is 60.4 Å². The Morgan fingerprint density at radius 2 is 1.91 bits per heavy atom. The van der Waals surface area contributed by atoms with Crippen LogP contribution in [0.2, 0.25) is 0 Å². The molecule has 1 saturated heterocycles. The number of nitrogens with zero attached hydrogens (tertiary/aromatic N) is 3. The van der Waals surface area contributed by atoms with Crippen molar-refractivity contribution in [2.24, 2.45) is 5.16 Å². The Bertz CT molecular complexity index is 1100. The first-order valence-electron chi connectivity index (χ1n) is 8.63. The van der Waals surface area contributed by atoms with Gasteiger partial charge in [0, 0.05) is 6.42 Å². The van der Waals surface area contributed by atoms with E-state index in [1.807, 2.05) is 0 Å². The standard InChI is InChI=1S/C12H20FN4O13P3/c1-6(2)16-28-8-3-10(17-4-7(13)11(14)15-12(17)18)27-9(8)5-26-32(22,23)30-33(24,25)29-31(19,20)21/h4,8-10H,3,5H2,1-2H3,(H,22,23)(H,24,25)(H2,14,15,18)(H2,19,20,21)/t8-,9?,10-/m1/s1. The van der Waals surface area contributed by atoms with Crippen molar-refractivity contribution >= 4 is 35.0 Å². The molecular weight excluding hydrogens is 520 g/mol. The molecule has 33 heavy (non-hydrogen) atoms. The van der Waals surface area contributed by atoms with Crippen LogP contribution in [0, 0.1) is 5.82 Å². The maximum absolute atomic E-state index is 13.8. The highest BCUT2D eigenvalue weighted by atomic mass is 31.3. The van der Waals surface area contributed by atoms with Crippen molar-refractivity contribution in [1.82, 2.24) is 9.55 Å². The van der Waals surface area contributed by atoms with E-state index in [-0.39, 0.29) is 6.42 Å². The summed E-state index contributed by atoms with van der Waals surface area (Å²) in [6.07, 6.45) is -2.93. The molecule has 1 aliphatic heterocycles. The number of nitrogens with two attached hydrogens (primary N) is 1. The molecule has 0 spiro atoms. The maximum atomic E-state index is 13.8. The topological polar surface area (TPSA) is 252 Å². The highest BCUT2D eigenvalue weighted by Gasteiger charge is 2.44. The van der Waals surface area contributed by atoms with Crippen molar-refractivity contribution in [3.8, 4) is 0 Å². The maximum Gasteiger partial charge on any atom is 0.490 e. The van der Waals surface area contributed by atoms with Gasteiger partial charge in [0.2, 0.25) is 0 Å². The van der Waals surface area contributed by atoms with Gasteiger partial charge in [0.05, 0.1) is 18.5 Å². The molecule has 6 N–H and O–H groups in total. The zero-order chi connectivity index (χ0) is 25.2. The highest BCUT2D eigenvalue weighted by molar-refractivity contribution is 7.66.